The lowest BCUT2D eigenvalue weighted by Crippen LogP contribution is -2.06. The maximum atomic E-state index is 4.06. The highest BCUT2D eigenvalue weighted by Crippen LogP contribution is 2.18. The summed E-state index contributed by atoms with van der Waals surface area (Å²) in [6.07, 6.45) is 4.66. The minimum Gasteiger partial charge on any atom is -0.250 e. The minimum atomic E-state index is 0.622. The van der Waals surface area contributed by atoms with E-state index in [2.05, 4.69) is 36.2 Å². The highest BCUT2D eigenvalue weighted by Gasteiger charge is 1.98. The van der Waals surface area contributed by atoms with E-state index in [9.17, 15) is 0 Å². The molecular formula is C11H10BrN5. The van der Waals surface area contributed by atoms with Gasteiger partial charge in [-0.25, -0.2) is 15.0 Å². The smallest absolute Gasteiger partial charge is 0.124 e. The van der Waals surface area contributed by atoms with Crippen LogP contribution in [-0.4, -0.2) is 17.0 Å². The van der Waals surface area contributed by atoms with Crippen LogP contribution in [0.2, 0.25) is 0 Å². The number of rotatable bonds is 3. The molecule has 0 fully saturated rings. The van der Waals surface area contributed by atoms with Gasteiger partial charge in [-0.15, -0.1) is 5.11 Å². The topological polar surface area (TPSA) is 53.7 Å². The molecule has 86 valence electrons. The van der Waals surface area contributed by atoms with Gasteiger partial charge in [0, 0.05) is 11.5 Å². The molecule has 0 bridgehead atoms. The van der Waals surface area contributed by atoms with E-state index >= 15 is 0 Å². The van der Waals surface area contributed by atoms with Gasteiger partial charge in [0.25, 0.3) is 0 Å². The average molecular weight is 292 g/mol. The summed E-state index contributed by atoms with van der Waals surface area (Å²) in [5, 5.41) is 9.76. The number of hydrogen-bond acceptors (Lipinski definition) is 4. The molecule has 0 saturated carbocycles. The van der Waals surface area contributed by atoms with E-state index in [4.69, 9.17) is 0 Å². The highest BCUT2D eigenvalue weighted by molar-refractivity contribution is 9.10. The third-order valence-corrected chi connectivity index (χ3v) is 2.57. The van der Waals surface area contributed by atoms with Crippen molar-refractivity contribution >= 4 is 27.3 Å². The molecule has 0 aliphatic rings. The molecule has 6 heteroatoms. The van der Waals surface area contributed by atoms with E-state index in [1.807, 2.05) is 31.3 Å². The van der Waals surface area contributed by atoms with Crippen LogP contribution < -0.4 is 5.01 Å². The van der Waals surface area contributed by atoms with Crippen LogP contribution >= 0.6 is 15.9 Å². The van der Waals surface area contributed by atoms with Crippen molar-refractivity contribution in [2.45, 2.75) is 0 Å². The Morgan fingerprint density at radius 3 is 2.41 bits per heavy atom. The van der Waals surface area contributed by atoms with Gasteiger partial charge >= 0.3 is 0 Å². The SMILES string of the molecule is CN(N=Nc1cncnc1)c1ccc(Br)cc1. The number of aromatic nitrogens is 2. The lowest BCUT2D eigenvalue weighted by atomic mass is 10.3. The van der Waals surface area contributed by atoms with Gasteiger partial charge in [0.15, 0.2) is 0 Å². The van der Waals surface area contributed by atoms with Gasteiger partial charge in [-0.2, -0.15) is 0 Å². The molecule has 2 aromatic rings. The summed E-state index contributed by atoms with van der Waals surface area (Å²) >= 11 is 3.38. The molecule has 17 heavy (non-hydrogen) atoms. The maximum Gasteiger partial charge on any atom is 0.124 e. The van der Waals surface area contributed by atoms with Crippen molar-refractivity contribution in [1.29, 1.82) is 0 Å². The van der Waals surface area contributed by atoms with E-state index in [-0.39, 0.29) is 0 Å². The lowest BCUT2D eigenvalue weighted by Gasteiger charge is -2.10. The van der Waals surface area contributed by atoms with E-state index in [1.165, 1.54) is 6.33 Å². The van der Waals surface area contributed by atoms with Crippen molar-refractivity contribution in [2.24, 2.45) is 10.3 Å². The van der Waals surface area contributed by atoms with Crippen molar-refractivity contribution in [2.75, 3.05) is 12.1 Å². The first-order chi connectivity index (χ1) is 8.25. The lowest BCUT2D eigenvalue weighted by molar-refractivity contribution is 0.918. The average Bonchev–Trinajstić information content (AvgIpc) is 2.38. The van der Waals surface area contributed by atoms with Crippen molar-refractivity contribution in [1.82, 2.24) is 9.97 Å². The van der Waals surface area contributed by atoms with Gasteiger partial charge in [0.05, 0.1) is 18.1 Å². The Kier molecular flexibility index (Phi) is 3.77. The molecular weight excluding hydrogens is 282 g/mol. The molecule has 0 atom stereocenters. The minimum absolute atomic E-state index is 0.622. The van der Waals surface area contributed by atoms with Crippen LogP contribution in [0.25, 0.3) is 0 Å². The van der Waals surface area contributed by atoms with Crippen LogP contribution in [0.15, 0.2) is 57.8 Å². The molecule has 0 N–H and O–H groups in total. The van der Waals surface area contributed by atoms with E-state index < -0.39 is 0 Å². The Balaban J connectivity index is 2.09. The van der Waals surface area contributed by atoms with Crippen LogP contribution in [-0.2, 0) is 0 Å². The summed E-state index contributed by atoms with van der Waals surface area (Å²) in [7, 11) is 1.83. The Morgan fingerprint density at radius 2 is 1.76 bits per heavy atom. The van der Waals surface area contributed by atoms with Crippen LogP contribution in [0.1, 0.15) is 0 Å². The van der Waals surface area contributed by atoms with Crippen LogP contribution in [0.4, 0.5) is 11.4 Å². The monoisotopic (exact) mass is 291 g/mol. The summed E-state index contributed by atoms with van der Waals surface area (Å²) in [6, 6.07) is 7.80. The number of halogens is 1. The summed E-state index contributed by atoms with van der Waals surface area (Å²) in [5.74, 6) is 0. The standard InChI is InChI=1S/C11H10BrN5/c1-17(11-4-2-9(12)3-5-11)16-15-10-6-13-8-14-7-10/h2-8H,1H3. The zero-order valence-electron chi connectivity index (χ0n) is 9.16. The third-order valence-electron chi connectivity index (χ3n) is 2.04. The molecule has 1 aromatic heterocycles. The molecule has 1 aromatic carbocycles. The van der Waals surface area contributed by atoms with Crippen molar-refractivity contribution in [3.05, 3.63) is 47.5 Å². The molecule has 0 spiro atoms. The third kappa shape index (κ3) is 3.32. The van der Waals surface area contributed by atoms with Crippen LogP contribution in [0.3, 0.4) is 0 Å². The zero-order valence-corrected chi connectivity index (χ0v) is 10.7. The molecule has 2 rings (SSSR count). The van der Waals surface area contributed by atoms with E-state index in [0.29, 0.717) is 5.69 Å². The number of benzene rings is 1. The van der Waals surface area contributed by atoms with Crippen LogP contribution in [0.5, 0.6) is 0 Å². The number of nitrogens with zero attached hydrogens (tertiary/aromatic N) is 5. The zero-order chi connectivity index (χ0) is 12.1. The summed E-state index contributed by atoms with van der Waals surface area (Å²) < 4.78 is 1.03. The Morgan fingerprint density at radius 1 is 1.12 bits per heavy atom. The molecule has 0 amide bonds. The summed E-state index contributed by atoms with van der Waals surface area (Å²) in [6.45, 7) is 0. The van der Waals surface area contributed by atoms with Gasteiger partial charge in [-0.3, -0.25) is 0 Å². The predicted molar refractivity (Wildman–Crippen MR) is 69.1 cm³/mol. The molecule has 0 unspecified atom stereocenters. The maximum absolute atomic E-state index is 4.06. The van der Waals surface area contributed by atoms with Gasteiger partial charge in [-0.1, -0.05) is 21.2 Å². The molecule has 0 radical (unpaired) electrons. The van der Waals surface area contributed by atoms with Gasteiger partial charge in [0.2, 0.25) is 0 Å². The fourth-order valence-electron chi connectivity index (χ4n) is 1.17. The molecule has 0 aliphatic carbocycles. The largest absolute Gasteiger partial charge is 0.250 e. The van der Waals surface area contributed by atoms with Crippen molar-refractivity contribution in [3.63, 3.8) is 0 Å². The normalized spacial score (nSPS) is 10.7. The fourth-order valence-corrected chi connectivity index (χ4v) is 1.43. The van der Waals surface area contributed by atoms with Crippen molar-refractivity contribution < 1.29 is 0 Å². The first-order valence-corrected chi connectivity index (χ1v) is 5.71. The van der Waals surface area contributed by atoms with E-state index in [1.54, 1.807) is 17.4 Å². The Hall–Kier alpha value is -1.82. The first kappa shape index (κ1) is 11.7. The van der Waals surface area contributed by atoms with Gasteiger partial charge in [-0.05, 0) is 24.3 Å². The second-order valence-corrected chi connectivity index (χ2v) is 4.20. The van der Waals surface area contributed by atoms with E-state index in [0.717, 1.165) is 10.2 Å². The van der Waals surface area contributed by atoms with Gasteiger partial charge in [0.1, 0.15) is 12.0 Å². The number of anilines is 1. The second-order valence-electron chi connectivity index (χ2n) is 3.29. The predicted octanol–water partition coefficient (Wildman–Crippen LogP) is 3.37. The molecule has 1 heterocycles. The van der Waals surface area contributed by atoms with Crippen LogP contribution in [0, 0.1) is 0 Å². The number of hydrogen-bond donors (Lipinski definition) is 0. The summed E-state index contributed by atoms with van der Waals surface area (Å²) in [5.41, 5.74) is 1.57. The molecule has 0 aliphatic heterocycles. The Labute approximate surface area is 107 Å². The Bertz CT molecular complexity index is 497. The molecule has 0 saturated heterocycles. The summed E-state index contributed by atoms with van der Waals surface area (Å²) in [4.78, 5) is 7.71. The van der Waals surface area contributed by atoms with Crippen molar-refractivity contribution in [3.8, 4) is 0 Å². The quantitative estimate of drug-likeness (QED) is 0.643. The second kappa shape index (κ2) is 5.49. The first-order valence-electron chi connectivity index (χ1n) is 4.91. The molecule has 5 nitrogen and oxygen atoms in total. The highest BCUT2D eigenvalue weighted by atomic mass is 79.9. The fraction of sp³-hybridized carbons (Fsp3) is 0.0909. The van der Waals surface area contributed by atoms with Gasteiger partial charge < -0.3 is 0 Å².